The molecule has 0 aromatic heterocycles. The Morgan fingerprint density at radius 1 is 1.29 bits per heavy atom. The first-order chi connectivity index (χ1) is 9.63. The zero-order valence-electron chi connectivity index (χ0n) is 12.7. The average Bonchev–Trinajstić information content (AvgIpc) is 2.65. The maximum atomic E-state index is 12.6. The summed E-state index contributed by atoms with van der Waals surface area (Å²) >= 11 is 1.51. The lowest BCUT2D eigenvalue weighted by molar-refractivity contribution is -0.183. The summed E-state index contributed by atoms with van der Waals surface area (Å²) in [5.41, 5.74) is 0. The minimum Gasteiger partial charge on any atom is -0.271 e. The zero-order chi connectivity index (χ0) is 15.8. The predicted molar refractivity (Wildman–Crippen MR) is 79.4 cm³/mol. The van der Waals surface area contributed by atoms with Gasteiger partial charge in [0.25, 0.3) is 5.91 Å². The second kappa shape index (κ2) is 5.94. The Morgan fingerprint density at radius 2 is 1.86 bits per heavy atom. The minimum atomic E-state index is -4.06. The Bertz CT molecular complexity index is 439. The molecule has 0 bridgehead atoms. The lowest BCUT2D eigenvalue weighted by atomic mass is 9.80. The van der Waals surface area contributed by atoms with E-state index in [1.54, 1.807) is 0 Å². The number of carbonyl (C=O) groups is 1. The Kier molecular flexibility index (Phi) is 4.76. The maximum absolute atomic E-state index is 12.6. The lowest BCUT2D eigenvalue weighted by Crippen LogP contribution is -2.33. The molecule has 0 saturated heterocycles. The van der Waals surface area contributed by atoms with Gasteiger partial charge in [0, 0.05) is 0 Å². The van der Waals surface area contributed by atoms with Crippen LogP contribution in [0.1, 0.15) is 52.9 Å². The van der Waals surface area contributed by atoms with E-state index < -0.39 is 16.8 Å². The number of rotatable bonds is 3. The summed E-state index contributed by atoms with van der Waals surface area (Å²) < 4.78 is 37.4. The molecule has 1 heterocycles. The van der Waals surface area contributed by atoms with Crippen molar-refractivity contribution < 1.29 is 18.0 Å². The van der Waals surface area contributed by atoms with Crippen LogP contribution >= 0.6 is 11.8 Å². The molecule has 1 fully saturated rings. The van der Waals surface area contributed by atoms with E-state index in [1.165, 1.54) is 11.8 Å². The first-order valence-corrected chi connectivity index (χ1v) is 8.32. The molecule has 1 atom stereocenters. The molecule has 2 nitrogen and oxygen atoms in total. The number of halogens is 3. The van der Waals surface area contributed by atoms with Crippen molar-refractivity contribution in [1.29, 1.82) is 0 Å². The topological polar surface area (TPSA) is 29.4 Å². The van der Waals surface area contributed by atoms with E-state index in [-0.39, 0.29) is 30.6 Å². The summed E-state index contributed by atoms with van der Waals surface area (Å²) in [6.45, 7) is 5.90. The van der Waals surface area contributed by atoms with Gasteiger partial charge in [-0.3, -0.25) is 4.79 Å². The first kappa shape index (κ1) is 16.8. The van der Waals surface area contributed by atoms with Crippen LogP contribution in [0.4, 0.5) is 13.2 Å². The normalized spacial score (nSPS) is 34.4. The predicted octanol–water partition coefficient (Wildman–Crippen LogP) is 4.83. The third kappa shape index (κ3) is 3.63. The standard InChI is InChI=1S/C15H22F3NOS/c1-9(2)14(3)13(20)19-12(21-14)8-10-4-6-11(7-5-10)15(16,17)18/h9-11H,4-8H2,1-3H3/t10?,11?,14-/m1/s1. The monoisotopic (exact) mass is 321 g/mol. The number of thioether (sulfide) groups is 1. The second-order valence-corrected chi connectivity index (χ2v) is 8.16. The highest BCUT2D eigenvalue weighted by Gasteiger charge is 2.45. The molecule has 0 spiro atoms. The number of amides is 1. The molecule has 0 unspecified atom stereocenters. The maximum Gasteiger partial charge on any atom is 0.391 e. The number of carbonyl (C=O) groups excluding carboxylic acids is 1. The molecule has 120 valence electrons. The van der Waals surface area contributed by atoms with Gasteiger partial charge >= 0.3 is 6.18 Å². The molecular formula is C15H22F3NOS. The van der Waals surface area contributed by atoms with Crippen molar-refractivity contribution in [3.63, 3.8) is 0 Å². The van der Waals surface area contributed by atoms with Crippen LogP contribution in [0, 0.1) is 17.8 Å². The number of alkyl halides is 3. The fourth-order valence-corrected chi connectivity index (χ4v) is 4.23. The molecule has 2 rings (SSSR count). The first-order valence-electron chi connectivity index (χ1n) is 7.50. The van der Waals surface area contributed by atoms with Gasteiger partial charge in [0.05, 0.1) is 11.0 Å². The summed E-state index contributed by atoms with van der Waals surface area (Å²) in [7, 11) is 0. The Morgan fingerprint density at radius 3 is 2.29 bits per heavy atom. The van der Waals surface area contributed by atoms with Crippen LogP contribution in [-0.4, -0.2) is 21.9 Å². The fourth-order valence-electron chi connectivity index (χ4n) is 2.93. The number of hydrogen-bond acceptors (Lipinski definition) is 2. The molecule has 0 aromatic rings. The van der Waals surface area contributed by atoms with Crippen molar-refractivity contribution in [1.82, 2.24) is 0 Å². The van der Waals surface area contributed by atoms with Gasteiger partial charge in [-0.25, -0.2) is 4.99 Å². The number of hydrogen-bond donors (Lipinski definition) is 0. The van der Waals surface area contributed by atoms with Gasteiger partial charge in [-0.05, 0) is 50.9 Å². The molecule has 1 aliphatic heterocycles. The zero-order valence-corrected chi connectivity index (χ0v) is 13.5. The van der Waals surface area contributed by atoms with Crippen LogP contribution < -0.4 is 0 Å². The Hall–Kier alpha value is -0.520. The molecule has 0 radical (unpaired) electrons. The van der Waals surface area contributed by atoms with Crippen LogP contribution in [0.25, 0.3) is 0 Å². The van der Waals surface area contributed by atoms with E-state index in [2.05, 4.69) is 4.99 Å². The van der Waals surface area contributed by atoms with Crippen molar-refractivity contribution in [2.24, 2.45) is 22.7 Å². The van der Waals surface area contributed by atoms with Crippen molar-refractivity contribution in [3.05, 3.63) is 0 Å². The van der Waals surface area contributed by atoms with Crippen molar-refractivity contribution in [2.75, 3.05) is 0 Å². The van der Waals surface area contributed by atoms with Crippen molar-refractivity contribution in [3.8, 4) is 0 Å². The van der Waals surface area contributed by atoms with Crippen molar-refractivity contribution in [2.45, 2.75) is 63.8 Å². The highest BCUT2D eigenvalue weighted by Crippen LogP contribution is 2.44. The molecule has 0 N–H and O–H groups in total. The Balaban J connectivity index is 1.88. The molecule has 1 amide bonds. The van der Waals surface area contributed by atoms with Gasteiger partial charge in [-0.15, -0.1) is 0 Å². The quantitative estimate of drug-likeness (QED) is 0.745. The van der Waals surface area contributed by atoms with Gasteiger partial charge in [0.2, 0.25) is 0 Å². The van der Waals surface area contributed by atoms with Crippen LogP contribution in [0.15, 0.2) is 4.99 Å². The number of nitrogens with zero attached hydrogens (tertiary/aromatic N) is 1. The summed E-state index contributed by atoms with van der Waals surface area (Å²) in [6.07, 6.45) is -1.82. The summed E-state index contributed by atoms with van der Waals surface area (Å²) in [5.74, 6) is -0.815. The van der Waals surface area contributed by atoms with E-state index in [0.717, 1.165) is 5.04 Å². The molecule has 0 aromatic carbocycles. The van der Waals surface area contributed by atoms with Crippen LogP contribution in [0.3, 0.4) is 0 Å². The largest absolute Gasteiger partial charge is 0.391 e. The summed E-state index contributed by atoms with van der Waals surface area (Å²) in [5, 5.41) is 0.812. The Labute approximate surface area is 128 Å². The lowest BCUT2D eigenvalue weighted by Gasteiger charge is -2.30. The molecule has 21 heavy (non-hydrogen) atoms. The van der Waals surface area contributed by atoms with Gasteiger partial charge in [0.1, 0.15) is 4.75 Å². The van der Waals surface area contributed by atoms with E-state index in [1.807, 2.05) is 20.8 Å². The van der Waals surface area contributed by atoms with Gasteiger partial charge < -0.3 is 0 Å². The highest BCUT2D eigenvalue weighted by molar-refractivity contribution is 8.16. The SMILES string of the molecule is CC(C)[C@@]1(C)SC(CC2CCC(C(F)(F)F)CC2)=NC1=O. The molecule has 2 aliphatic rings. The van der Waals surface area contributed by atoms with E-state index >= 15 is 0 Å². The molecular weight excluding hydrogens is 299 g/mol. The third-order valence-electron chi connectivity index (χ3n) is 4.86. The summed E-state index contributed by atoms with van der Waals surface area (Å²) in [6, 6.07) is 0. The van der Waals surface area contributed by atoms with E-state index in [4.69, 9.17) is 0 Å². The van der Waals surface area contributed by atoms with E-state index in [0.29, 0.717) is 19.3 Å². The van der Waals surface area contributed by atoms with Gasteiger partial charge in [-0.1, -0.05) is 25.6 Å². The van der Waals surface area contributed by atoms with Crippen molar-refractivity contribution >= 4 is 22.7 Å². The fraction of sp³-hybridized carbons (Fsp3) is 0.867. The molecule has 1 saturated carbocycles. The van der Waals surface area contributed by atoms with E-state index in [9.17, 15) is 18.0 Å². The number of aliphatic imine (C=N–C) groups is 1. The molecule has 6 heteroatoms. The smallest absolute Gasteiger partial charge is 0.271 e. The van der Waals surface area contributed by atoms with Gasteiger partial charge in [0.15, 0.2) is 0 Å². The highest BCUT2D eigenvalue weighted by atomic mass is 32.2. The summed E-state index contributed by atoms with van der Waals surface area (Å²) in [4.78, 5) is 16.2. The molecule has 1 aliphatic carbocycles. The van der Waals surface area contributed by atoms with Gasteiger partial charge in [-0.2, -0.15) is 13.2 Å². The minimum absolute atomic E-state index is 0.0959. The average molecular weight is 321 g/mol. The van der Waals surface area contributed by atoms with Crippen LogP contribution in [0.5, 0.6) is 0 Å². The second-order valence-electron chi connectivity index (χ2n) is 6.64. The van der Waals surface area contributed by atoms with Crippen LogP contribution in [0.2, 0.25) is 0 Å². The third-order valence-corrected chi connectivity index (χ3v) is 6.42. The van der Waals surface area contributed by atoms with Crippen LogP contribution in [-0.2, 0) is 4.79 Å².